The highest BCUT2D eigenvalue weighted by molar-refractivity contribution is 5.58. The van der Waals surface area contributed by atoms with Crippen molar-refractivity contribution >= 4 is 23.2 Å². The monoisotopic (exact) mass is 530 g/mol. The van der Waals surface area contributed by atoms with Crippen LogP contribution in [0.2, 0.25) is 0 Å². The maximum Gasteiger partial charge on any atom is 0.433 e. The molecule has 0 N–H and O–H groups in total. The summed E-state index contributed by atoms with van der Waals surface area (Å²) in [6.45, 7) is 9.97. The largest absolute Gasteiger partial charge is 0.433 e. The Morgan fingerprint density at radius 1 is 0.974 bits per heavy atom. The van der Waals surface area contributed by atoms with E-state index in [0.29, 0.717) is 11.6 Å². The van der Waals surface area contributed by atoms with E-state index in [9.17, 15) is 13.2 Å². The maximum absolute atomic E-state index is 14.2. The molecule has 0 aliphatic carbocycles. The molecule has 0 radical (unpaired) electrons. The molecule has 5 rings (SSSR count). The molecule has 13 heteroatoms. The Hall–Kier alpha value is -3.51. The minimum absolute atomic E-state index is 0.0317. The van der Waals surface area contributed by atoms with Crippen molar-refractivity contribution in [2.75, 3.05) is 37.0 Å². The average Bonchev–Trinajstić information content (AvgIpc) is 3.60. The third kappa shape index (κ3) is 4.41. The van der Waals surface area contributed by atoms with Gasteiger partial charge in [0.2, 0.25) is 0 Å². The predicted molar refractivity (Wildman–Crippen MR) is 138 cm³/mol. The summed E-state index contributed by atoms with van der Waals surface area (Å²) in [5.41, 5.74) is 1.20. The van der Waals surface area contributed by atoms with Gasteiger partial charge in [-0.25, -0.2) is 9.97 Å². The highest BCUT2D eigenvalue weighted by atomic mass is 19.4. The summed E-state index contributed by atoms with van der Waals surface area (Å²) in [5, 5.41) is 8.94. The minimum Gasteiger partial charge on any atom is -0.362 e. The number of rotatable bonds is 7. The molecule has 0 saturated carbocycles. The number of hydrogen-bond donors (Lipinski definition) is 0. The second-order valence-electron chi connectivity index (χ2n) is 10.4. The Kier molecular flexibility index (Phi) is 6.64. The number of aromatic nitrogens is 8. The van der Waals surface area contributed by atoms with Gasteiger partial charge in [-0.05, 0) is 31.1 Å². The third-order valence-corrected chi connectivity index (χ3v) is 7.05. The number of nitrogens with zero attached hydrogens (tertiary/aromatic N) is 10. The highest BCUT2D eigenvalue weighted by Crippen LogP contribution is 2.40. The number of aryl methyl sites for hydroxylation is 1. The first kappa shape index (κ1) is 26.1. The van der Waals surface area contributed by atoms with Gasteiger partial charge in [-0.1, -0.05) is 27.7 Å². The van der Waals surface area contributed by atoms with Crippen molar-refractivity contribution in [1.29, 1.82) is 0 Å². The van der Waals surface area contributed by atoms with Crippen LogP contribution in [-0.2, 0) is 19.0 Å². The molecule has 1 atom stereocenters. The highest BCUT2D eigenvalue weighted by Gasteiger charge is 2.40. The fourth-order valence-corrected chi connectivity index (χ4v) is 5.48. The first-order chi connectivity index (χ1) is 18.0. The van der Waals surface area contributed by atoms with E-state index in [1.165, 1.54) is 10.8 Å². The summed E-state index contributed by atoms with van der Waals surface area (Å²) in [6, 6.07) is 0. The lowest BCUT2D eigenvalue weighted by atomic mass is 9.95. The first-order valence-electron chi connectivity index (χ1n) is 13.0. The van der Waals surface area contributed by atoms with Crippen LogP contribution in [0.3, 0.4) is 0 Å². The number of fused-ring (bicyclic) bond motifs is 2. The Labute approximate surface area is 218 Å². The van der Waals surface area contributed by atoms with Gasteiger partial charge in [-0.3, -0.25) is 0 Å². The number of hydrogen-bond acceptors (Lipinski definition) is 8. The van der Waals surface area contributed by atoms with Gasteiger partial charge in [-0.2, -0.15) is 37.3 Å². The second kappa shape index (κ2) is 9.66. The molecular formula is C25H33F3N10. The lowest BCUT2D eigenvalue weighted by Crippen LogP contribution is -2.25. The van der Waals surface area contributed by atoms with E-state index < -0.39 is 17.8 Å². The quantitative estimate of drug-likeness (QED) is 0.350. The van der Waals surface area contributed by atoms with Gasteiger partial charge in [0.15, 0.2) is 11.5 Å². The summed E-state index contributed by atoms with van der Waals surface area (Å²) in [7, 11) is 3.36. The Bertz CT molecular complexity index is 1460. The smallest absolute Gasteiger partial charge is 0.362 e. The lowest BCUT2D eigenvalue weighted by molar-refractivity contribution is -0.141. The molecule has 1 aliphatic rings. The van der Waals surface area contributed by atoms with E-state index in [1.54, 1.807) is 30.4 Å². The van der Waals surface area contributed by atoms with Crippen molar-refractivity contribution in [2.24, 2.45) is 0 Å². The molecule has 1 aliphatic heterocycles. The normalized spacial score (nSPS) is 15.4. The van der Waals surface area contributed by atoms with Crippen LogP contribution in [0.25, 0.3) is 11.6 Å². The van der Waals surface area contributed by atoms with Crippen molar-refractivity contribution in [1.82, 2.24) is 39.2 Å². The van der Waals surface area contributed by atoms with Crippen molar-refractivity contribution in [3.8, 4) is 0 Å². The Morgan fingerprint density at radius 3 is 2.29 bits per heavy atom. The van der Waals surface area contributed by atoms with Crippen LogP contribution in [0, 0.1) is 0 Å². The number of anilines is 2. The van der Waals surface area contributed by atoms with Crippen LogP contribution in [0.1, 0.15) is 80.7 Å². The molecule has 10 nitrogen and oxygen atoms in total. The summed E-state index contributed by atoms with van der Waals surface area (Å²) < 4.78 is 45.8. The molecular weight excluding hydrogens is 497 g/mol. The SMILES string of the molecule is CCc1nc2nc(CC(C)c3c(C(F)(F)F)nc4ncnn4c3N(C)C)nn2c(N2CCCC2)c1C(C)C. The molecule has 204 valence electrons. The first-order valence-corrected chi connectivity index (χ1v) is 13.0. The standard InChI is InChI=1S/C25H33F3N10/c1-7-16-18(14(2)3)22(36-10-8-9-11-36)38-24(31-16)32-17(34-38)12-15(4)19-20(25(26,27)28)33-23-29-13-30-37(23)21(19)35(5)6/h13-15H,7-12H2,1-6H3. The second-order valence-corrected chi connectivity index (χ2v) is 10.4. The van der Waals surface area contributed by atoms with Crippen LogP contribution in [0.5, 0.6) is 0 Å². The molecule has 0 spiro atoms. The predicted octanol–water partition coefficient (Wildman–Crippen LogP) is 4.28. The van der Waals surface area contributed by atoms with Crippen LogP contribution in [0.4, 0.5) is 24.8 Å². The number of halogens is 3. The molecule has 0 bridgehead atoms. The Morgan fingerprint density at radius 2 is 1.68 bits per heavy atom. The fraction of sp³-hybridized carbons (Fsp3) is 0.600. The van der Waals surface area contributed by atoms with Crippen LogP contribution < -0.4 is 9.80 Å². The minimum atomic E-state index is -4.67. The van der Waals surface area contributed by atoms with Crippen molar-refractivity contribution in [3.63, 3.8) is 0 Å². The van der Waals surface area contributed by atoms with Crippen molar-refractivity contribution in [2.45, 2.75) is 71.4 Å². The zero-order chi connectivity index (χ0) is 27.4. The molecule has 1 fully saturated rings. The third-order valence-electron chi connectivity index (χ3n) is 7.05. The molecule has 38 heavy (non-hydrogen) atoms. The van der Waals surface area contributed by atoms with Gasteiger partial charge in [0.25, 0.3) is 11.6 Å². The zero-order valence-electron chi connectivity index (χ0n) is 22.6. The molecule has 0 aromatic carbocycles. The Balaban J connectivity index is 1.64. The zero-order valence-corrected chi connectivity index (χ0v) is 22.6. The molecule has 4 aromatic rings. The van der Waals surface area contributed by atoms with Gasteiger partial charge in [-0.15, -0.1) is 5.10 Å². The number of alkyl halides is 3. The van der Waals surface area contributed by atoms with Gasteiger partial charge < -0.3 is 9.80 Å². The topological polar surface area (TPSA) is 92.6 Å². The van der Waals surface area contributed by atoms with Gasteiger partial charge in [0, 0.05) is 44.7 Å². The van der Waals surface area contributed by atoms with E-state index >= 15 is 0 Å². The molecule has 4 aromatic heterocycles. The van der Waals surface area contributed by atoms with E-state index in [2.05, 4.69) is 40.7 Å². The van der Waals surface area contributed by atoms with Crippen molar-refractivity contribution < 1.29 is 13.2 Å². The summed E-state index contributed by atoms with van der Waals surface area (Å²) in [5.74, 6) is 1.71. The molecule has 0 amide bonds. The average molecular weight is 531 g/mol. The fourth-order valence-electron chi connectivity index (χ4n) is 5.48. The summed E-state index contributed by atoms with van der Waals surface area (Å²) in [6.07, 6.45) is -0.321. The van der Waals surface area contributed by atoms with E-state index in [0.717, 1.165) is 49.4 Å². The maximum atomic E-state index is 14.2. The lowest BCUT2D eigenvalue weighted by Gasteiger charge is -2.25. The summed E-state index contributed by atoms with van der Waals surface area (Å²) >= 11 is 0. The van der Waals surface area contributed by atoms with Gasteiger partial charge in [0.05, 0.1) is 5.69 Å². The summed E-state index contributed by atoms with van der Waals surface area (Å²) in [4.78, 5) is 21.2. The van der Waals surface area contributed by atoms with E-state index in [1.807, 2.05) is 0 Å². The van der Waals surface area contributed by atoms with E-state index in [4.69, 9.17) is 15.1 Å². The van der Waals surface area contributed by atoms with Crippen LogP contribution in [0.15, 0.2) is 6.33 Å². The molecule has 1 saturated heterocycles. The van der Waals surface area contributed by atoms with Gasteiger partial charge >= 0.3 is 6.18 Å². The van der Waals surface area contributed by atoms with Crippen LogP contribution in [-0.4, -0.2) is 66.3 Å². The van der Waals surface area contributed by atoms with Crippen LogP contribution >= 0.6 is 0 Å². The van der Waals surface area contributed by atoms with Gasteiger partial charge in [0.1, 0.15) is 18.0 Å². The van der Waals surface area contributed by atoms with E-state index in [-0.39, 0.29) is 29.5 Å². The molecule has 1 unspecified atom stereocenters. The molecule has 5 heterocycles. The van der Waals surface area contributed by atoms with Crippen molar-refractivity contribution in [3.05, 3.63) is 34.7 Å².